The van der Waals surface area contributed by atoms with Gasteiger partial charge in [0.1, 0.15) is 0 Å². The van der Waals surface area contributed by atoms with E-state index < -0.39 is 5.97 Å². The van der Waals surface area contributed by atoms with Crippen molar-refractivity contribution < 1.29 is 14.3 Å². The maximum absolute atomic E-state index is 11.6. The average Bonchev–Trinajstić information content (AvgIpc) is 2.96. The molecule has 110 valence electrons. The van der Waals surface area contributed by atoms with Crippen LogP contribution < -0.4 is 11.1 Å². The average molecular weight is 288 g/mol. The highest BCUT2D eigenvalue weighted by atomic mass is 16.5. The molecule has 0 saturated heterocycles. The summed E-state index contributed by atoms with van der Waals surface area (Å²) >= 11 is 0. The van der Waals surface area contributed by atoms with Crippen molar-refractivity contribution in [3.8, 4) is 5.69 Å². The number of rotatable bonds is 4. The van der Waals surface area contributed by atoms with E-state index in [1.54, 1.807) is 31.3 Å². The molecule has 0 unspecified atom stereocenters. The lowest BCUT2D eigenvalue weighted by Gasteiger charge is -2.08. The Morgan fingerprint density at radius 1 is 1.38 bits per heavy atom. The van der Waals surface area contributed by atoms with Crippen LogP contribution in [0.25, 0.3) is 5.69 Å². The fraction of sp³-hybridized carbons (Fsp3) is 0.214. The largest absolute Gasteiger partial charge is 0.462 e. The molecule has 7 heteroatoms. The molecule has 1 amide bonds. The Morgan fingerprint density at radius 3 is 2.76 bits per heavy atom. The van der Waals surface area contributed by atoms with Gasteiger partial charge in [-0.3, -0.25) is 4.79 Å². The number of carbonyl (C=O) groups is 2. The minimum Gasteiger partial charge on any atom is -0.462 e. The molecule has 0 spiro atoms. The number of hydrogen-bond donors (Lipinski definition) is 2. The molecule has 0 aliphatic carbocycles. The highest BCUT2D eigenvalue weighted by Crippen LogP contribution is 2.19. The first-order valence-corrected chi connectivity index (χ1v) is 6.41. The van der Waals surface area contributed by atoms with Gasteiger partial charge in [0.25, 0.3) is 5.91 Å². The zero-order chi connectivity index (χ0) is 15.4. The van der Waals surface area contributed by atoms with Crippen LogP contribution in [0.3, 0.4) is 0 Å². The molecule has 0 aliphatic rings. The zero-order valence-electron chi connectivity index (χ0n) is 11.8. The summed E-state index contributed by atoms with van der Waals surface area (Å²) in [7, 11) is 1.53. The van der Waals surface area contributed by atoms with Gasteiger partial charge in [-0.1, -0.05) is 0 Å². The summed E-state index contributed by atoms with van der Waals surface area (Å²) in [6, 6.07) is 6.36. The van der Waals surface area contributed by atoms with Crippen molar-refractivity contribution >= 4 is 17.6 Å². The molecule has 1 aromatic heterocycles. The van der Waals surface area contributed by atoms with E-state index in [-0.39, 0.29) is 11.6 Å². The molecule has 1 aromatic carbocycles. The van der Waals surface area contributed by atoms with E-state index in [1.165, 1.54) is 17.8 Å². The number of nitrogens with zero attached hydrogens (tertiary/aromatic N) is 2. The molecule has 2 aromatic rings. The number of hydrogen-bond acceptors (Lipinski definition) is 5. The predicted molar refractivity (Wildman–Crippen MR) is 77.3 cm³/mol. The standard InChI is InChI=1S/C14H16N4O3/c1-3-21-14(20)9-4-5-12(10(15)8-9)18-7-6-11(17-18)13(19)16-2/h4-8H,3,15H2,1-2H3,(H,16,19). The molecule has 0 aliphatic heterocycles. The van der Waals surface area contributed by atoms with Crippen LogP contribution in [0.1, 0.15) is 27.8 Å². The van der Waals surface area contributed by atoms with Crippen LogP contribution in [-0.2, 0) is 4.74 Å². The van der Waals surface area contributed by atoms with Crippen LogP contribution in [0.5, 0.6) is 0 Å². The number of nitrogens with one attached hydrogen (secondary N) is 1. The van der Waals surface area contributed by atoms with Gasteiger partial charge in [-0.05, 0) is 31.2 Å². The number of esters is 1. The number of nitrogens with two attached hydrogens (primary N) is 1. The first-order valence-electron chi connectivity index (χ1n) is 6.41. The number of benzene rings is 1. The molecule has 0 bridgehead atoms. The van der Waals surface area contributed by atoms with Crippen molar-refractivity contribution in [1.29, 1.82) is 0 Å². The molecule has 1 heterocycles. The Bertz CT molecular complexity index is 679. The van der Waals surface area contributed by atoms with Gasteiger partial charge in [-0.15, -0.1) is 0 Å². The summed E-state index contributed by atoms with van der Waals surface area (Å²) in [5, 5.41) is 6.62. The van der Waals surface area contributed by atoms with Gasteiger partial charge < -0.3 is 15.8 Å². The Kier molecular flexibility index (Phi) is 4.22. The van der Waals surface area contributed by atoms with Gasteiger partial charge in [-0.25, -0.2) is 9.48 Å². The normalized spacial score (nSPS) is 10.2. The smallest absolute Gasteiger partial charge is 0.338 e. The van der Waals surface area contributed by atoms with E-state index in [9.17, 15) is 9.59 Å². The Labute approximate surface area is 121 Å². The summed E-state index contributed by atoms with van der Waals surface area (Å²) in [4.78, 5) is 23.1. The van der Waals surface area contributed by atoms with Crippen molar-refractivity contribution in [3.63, 3.8) is 0 Å². The predicted octanol–water partition coefficient (Wildman–Crippen LogP) is 0.991. The number of aromatic nitrogens is 2. The van der Waals surface area contributed by atoms with Crippen molar-refractivity contribution in [2.75, 3.05) is 19.4 Å². The van der Waals surface area contributed by atoms with E-state index >= 15 is 0 Å². The van der Waals surface area contributed by atoms with Crippen LogP contribution in [0.4, 0.5) is 5.69 Å². The number of carbonyl (C=O) groups excluding carboxylic acids is 2. The third-order valence-electron chi connectivity index (χ3n) is 2.83. The second kappa shape index (κ2) is 6.08. The van der Waals surface area contributed by atoms with Crippen molar-refractivity contribution in [2.45, 2.75) is 6.92 Å². The van der Waals surface area contributed by atoms with Gasteiger partial charge in [0.15, 0.2) is 5.69 Å². The molecular formula is C14H16N4O3. The third kappa shape index (κ3) is 3.02. The quantitative estimate of drug-likeness (QED) is 0.645. The molecular weight excluding hydrogens is 272 g/mol. The molecule has 2 rings (SSSR count). The topological polar surface area (TPSA) is 99.2 Å². The fourth-order valence-corrected chi connectivity index (χ4v) is 1.81. The second-order valence-electron chi connectivity index (χ2n) is 4.22. The Balaban J connectivity index is 2.31. The van der Waals surface area contributed by atoms with Crippen LogP contribution >= 0.6 is 0 Å². The highest BCUT2D eigenvalue weighted by molar-refractivity contribution is 5.92. The minimum absolute atomic E-state index is 0.282. The monoisotopic (exact) mass is 288 g/mol. The Morgan fingerprint density at radius 2 is 2.14 bits per heavy atom. The lowest BCUT2D eigenvalue weighted by molar-refractivity contribution is 0.0526. The van der Waals surface area contributed by atoms with Crippen LogP contribution in [0, 0.1) is 0 Å². The summed E-state index contributed by atoms with van der Waals surface area (Å²) in [6.45, 7) is 2.04. The van der Waals surface area contributed by atoms with E-state index in [2.05, 4.69) is 10.4 Å². The molecule has 7 nitrogen and oxygen atoms in total. The first kappa shape index (κ1) is 14.6. The van der Waals surface area contributed by atoms with Crippen LogP contribution in [0.15, 0.2) is 30.5 Å². The summed E-state index contributed by atoms with van der Waals surface area (Å²) in [6.07, 6.45) is 1.63. The van der Waals surface area contributed by atoms with Crippen LogP contribution in [-0.4, -0.2) is 35.3 Å². The molecule has 0 fully saturated rings. The van der Waals surface area contributed by atoms with E-state index in [1.807, 2.05) is 0 Å². The van der Waals surface area contributed by atoms with Crippen LogP contribution in [0.2, 0.25) is 0 Å². The second-order valence-corrected chi connectivity index (χ2v) is 4.22. The lowest BCUT2D eigenvalue weighted by atomic mass is 10.2. The molecule has 21 heavy (non-hydrogen) atoms. The van der Waals surface area contributed by atoms with Crippen molar-refractivity contribution in [3.05, 3.63) is 41.7 Å². The number of anilines is 1. The summed E-state index contributed by atoms with van der Waals surface area (Å²) in [5.74, 6) is -0.710. The third-order valence-corrected chi connectivity index (χ3v) is 2.83. The summed E-state index contributed by atoms with van der Waals surface area (Å²) in [5.41, 5.74) is 7.54. The highest BCUT2D eigenvalue weighted by Gasteiger charge is 2.12. The molecule has 0 saturated carbocycles. The summed E-state index contributed by atoms with van der Waals surface area (Å²) < 4.78 is 6.39. The van der Waals surface area contributed by atoms with Gasteiger partial charge in [-0.2, -0.15) is 5.10 Å². The molecule has 3 N–H and O–H groups in total. The van der Waals surface area contributed by atoms with Crippen molar-refractivity contribution in [2.24, 2.45) is 0 Å². The van der Waals surface area contributed by atoms with E-state index in [0.717, 1.165) is 0 Å². The van der Waals surface area contributed by atoms with Gasteiger partial charge in [0.2, 0.25) is 0 Å². The number of ether oxygens (including phenoxy) is 1. The number of amides is 1. The van der Waals surface area contributed by atoms with E-state index in [0.29, 0.717) is 23.5 Å². The van der Waals surface area contributed by atoms with E-state index in [4.69, 9.17) is 10.5 Å². The van der Waals surface area contributed by atoms with Gasteiger partial charge in [0.05, 0.1) is 23.5 Å². The first-order chi connectivity index (χ1) is 10.1. The number of nitrogen functional groups attached to an aromatic ring is 1. The molecule has 0 radical (unpaired) electrons. The fourth-order valence-electron chi connectivity index (χ4n) is 1.81. The lowest BCUT2D eigenvalue weighted by Crippen LogP contribution is -2.18. The van der Waals surface area contributed by atoms with Crippen molar-refractivity contribution in [1.82, 2.24) is 15.1 Å². The zero-order valence-corrected chi connectivity index (χ0v) is 11.8. The van der Waals surface area contributed by atoms with Gasteiger partial charge in [0, 0.05) is 13.2 Å². The maximum atomic E-state index is 11.6. The maximum Gasteiger partial charge on any atom is 0.338 e. The van der Waals surface area contributed by atoms with Gasteiger partial charge >= 0.3 is 5.97 Å². The minimum atomic E-state index is -0.428. The molecule has 0 atom stereocenters. The SMILES string of the molecule is CCOC(=O)c1ccc(-n2ccc(C(=O)NC)n2)c(N)c1. The Hall–Kier alpha value is -2.83.